The van der Waals surface area contributed by atoms with Gasteiger partial charge >= 0.3 is 5.97 Å². The largest absolute Gasteiger partial charge is 0.478 e. The normalized spacial score (nSPS) is 11.9. The van der Waals surface area contributed by atoms with Crippen LogP contribution < -0.4 is 0 Å². The van der Waals surface area contributed by atoms with Crippen molar-refractivity contribution >= 4 is 17.0 Å². The molecule has 0 spiro atoms. The van der Waals surface area contributed by atoms with Crippen molar-refractivity contribution in [3.63, 3.8) is 0 Å². The van der Waals surface area contributed by atoms with Crippen LogP contribution in [0, 0.1) is 0 Å². The second-order valence-electron chi connectivity index (χ2n) is 4.87. The van der Waals surface area contributed by atoms with Crippen molar-refractivity contribution in [2.75, 3.05) is 13.7 Å². The lowest BCUT2D eigenvalue weighted by molar-refractivity contribution is 0.0697. The predicted octanol–water partition coefficient (Wildman–Crippen LogP) is 2.12. The molecule has 0 radical (unpaired) electrons. The number of rotatable bonds is 4. The standard InChI is InChI=1S/C13H16N2O3/c1-13(2,7-18-3)15-8-14-10-5-4-9(12(16)17)6-11(10)15/h4-6,8H,7H2,1-3H3,(H,16,17). The number of methoxy groups -OCH3 is 1. The molecule has 0 amide bonds. The fourth-order valence-electron chi connectivity index (χ4n) is 2.05. The van der Waals surface area contributed by atoms with Crippen molar-refractivity contribution in [2.24, 2.45) is 0 Å². The second-order valence-corrected chi connectivity index (χ2v) is 4.87. The molecule has 1 heterocycles. The number of carbonyl (C=O) groups is 1. The molecule has 0 aliphatic heterocycles. The number of carboxylic acid groups (broad SMARTS) is 1. The molecule has 0 aliphatic carbocycles. The lowest BCUT2D eigenvalue weighted by atomic mass is 10.1. The van der Waals surface area contributed by atoms with Crippen LogP contribution in [-0.2, 0) is 10.3 Å². The molecule has 2 aromatic rings. The zero-order valence-electron chi connectivity index (χ0n) is 10.7. The highest BCUT2D eigenvalue weighted by Crippen LogP contribution is 2.23. The lowest BCUT2D eigenvalue weighted by Crippen LogP contribution is -2.30. The third-order valence-electron chi connectivity index (χ3n) is 2.94. The zero-order chi connectivity index (χ0) is 13.3. The summed E-state index contributed by atoms with van der Waals surface area (Å²) in [4.78, 5) is 15.3. The van der Waals surface area contributed by atoms with Crippen LogP contribution in [0.25, 0.3) is 11.0 Å². The van der Waals surface area contributed by atoms with Gasteiger partial charge in [0.2, 0.25) is 0 Å². The van der Waals surface area contributed by atoms with Gasteiger partial charge in [0.15, 0.2) is 0 Å². The van der Waals surface area contributed by atoms with Crippen molar-refractivity contribution in [2.45, 2.75) is 19.4 Å². The number of fused-ring (bicyclic) bond motifs is 1. The van der Waals surface area contributed by atoms with Gasteiger partial charge in [-0.2, -0.15) is 0 Å². The summed E-state index contributed by atoms with van der Waals surface area (Å²) in [6.07, 6.45) is 1.72. The molecule has 1 aromatic heterocycles. The van der Waals surface area contributed by atoms with Crippen LogP contribution in [0.1, 0.15) is 24.2 Å². The van der Waals surface area contributed by atoms with Crippen LogP contribution in [0.4, 0.5) is 0 Å². The number of nitrogens with zero attached hydrogens (tertiary/aromatic N) is 2. The van der Waals surface area contributed by atoms with Crippen molar-refractivity contribution in [3.8, 4) is 0 Å². The topological polar surface area (TPSA) is 64.4 Å². The van der Waals surface area contributed by atoms with Crippen LogP contribution in [0.3, 0.4) is 0 Å². The maximum Gasteiger partial charge on any atom is 0.335 e. The quantitative estimate of drug-likeness (QED) is 0.900. The highest BCUT2D eigenvalue weighted by Gasteiger charge is 2.22. The second kappa shape index (κ2) is 4.42. The van der Waals surface area contributed by atoms with Gasteiger partial charge in [-0.3, -0.25) is 0 Å². The number of benzene rings is 1. The van der Waals surface area contributed by atoms with Crippen LogP contribution in [0.5, 0.6) is 0 Å². The van der Waals surface area contributed by atoms with Crippen molar-refractivity contribution in [1.82, 2.24) is 9.55 Å². The molecule has 18 heavy (non-hydrogen) atoms. The van der Waals surface area contributed by atoms with Gasteiger partial charge in [0.05, 0.1) is 35.1 Å². The Balaban J connectivity index is 2.58. The molecule has 96 valence electrons. The SMILES string of the molecule is COCC(C)(C)n1cnc2ccc(C(=O)O)cc21. The highest BCUT2D eigenvalue weighted by atomic mass is 16.5. The van der Waals surface area contributed by atoms with Gasteiger partial charge < -0.3 is 14.4 Å². The molecule has 2 rings (SSSR count). The molecule has 0 fully saturated rings. The van der Waals surface area contributed by atoms with E-state index in [0.717, 1.165) is 11.0 Å². The Morgan fingerprint density at radius 1 is 1.50 bits per heavy atom. The molecule has 0 bridgehead atoms. The third kappa shape index (κ3) is 2.09. The average Bonchev–Trinajstić information content (AvgIpc) is 2.71. The molecule has 1 N–H and O–H groups in total. The Bertz CT molecular complexity index is 587. The van der Waals surface area contributed by atoms with E-state index < -0.39 is 5.97 Å². The van der Waals surface area contributed by atoms with Gasteiger partial charge in [0.1, 0.15) is 0 Å². The Kier molecular flexibility index (Phi) is 3.09. The van der Waals surface area contributed by atoms with Gasteiger partial charge in [-0.25, -0.2) is 9.78 Å². The fraction of sp³-hybridized carbons (Fsp3) is 0.385. The first-order valence-electron chi connectivity index (χ1n) is 5.65. The third-order valence-corrected chi connectivity index (χ3v) is 2.94. The summed E-state index contributed by atoms with van der Waals surface area (Å²) in [7, 11) is 1.64. The maximum atomic E-state index is 11.0. The van der Waals surface area contributed by atoms with Crippen molar-refractivity contribution < 1.29 is 14.6 Å². The van der Waals surface area contributed by atoms with Crippen molar-refractivity contribution in [3.05, 3.63) is 30.1 Å². The molecule has 0 saturated carbocycles. The molecule has 0 aliphatic rings. The minimum Gasteiger partial charge on any atom is -0.478 e. The molecule has 0 saturated heterocycles. The summed E-state index contributed by atoms with van der Waals surface area (Å²) in [5.74, 6) is -0.936. The Morgan fingerprint density at radius 2 is 2.22 bits per heavy atom. The summed E-state index contributed by atoms with van der Waals surface area (Å²) in [6, 6.07) is 4.92. The smallest absolute Gasteiger partial charge is 0.335 e. The summed E-state index contributed by atoms with van der Waals surface area (Å²) < 4.78 is 7.13. The maximum absolute atomic E-state index is 11.0. The van der Waals surface area contributed by atoms with Crippen molar-refractivity contribution in [1.29, 1.82) is 0 Å². The first kappa shape index (κ1) is 12.6. The summed E-state index contributed by atoms with van der Waals surface area (Å²) in [6.45, 7) is 4.56. The Labute approximate surface area is 105 Å². The average molecular weight is 248 g/mol. The number of aromatic carboxylic acids is 1. The van der Waals surface area contributed by atoms with E-state index in [9.17, 15) is 4.79 Å². The van der Waals surface area contributed by atoms with Gasteiger partial charge in [-0.15, -0.1) is 0 Å². The minimum atomic E-state index is -0.936. The number of aromatic nitrogens is 2. The summed E-state index contributed by atoms with van der Waals surface area (Å²) in [5.41, 5.74) is 1.57. The van der Waals surface area contributed by atoms with E-state index in [2.05, 4.69) is 4.98 Å². The molecule has 5 nitrogen and oxygen atoms in total. The van der Waals surface area contributed by atoms with E-state index in [1.54, 1.807) is 31.6 Å². The van der Waals surface area contributed by atoms with Crippen LogP contribution >= 0.6 is 0 Å². The number of hydrogen-bond acceptors (Lipinski definition) is 3. The van der Waals surface area contributed by atoms with E-state index in [4.69, 9.17) is 9.84 Å². The number of imidazole rings is 1. The van der Waals surface area contributed by atoms with E-state index in [-0.39, 0.29) is 11.1 Å². The van der Waals surface area contributed by atoms with Gasteiger partial charge in [0, 0.05) is 7.11 Å². The molecule has 0 unspecified atom stereocenters. The molecule has 5 heteroatoms. The van der Waals surface area contributed by atoms with Crippen LogP contribution in [-0.4, -0.2) is 34.3 Å². The first-order chi connectivity index (χ1) is 8.45. The molecule has 1 aromatic carbocycles. The predicted molar refractivity (Wildman–Crippen MR) is 67.9 cm³/mol. The molecule has 0 atom stereocenters. The van der Waals surface area contributed by atoms with E-state index in [1.165, 1.54) is 0 Å². The molecular weight excluding hydrogens is 232 g/mol. The summed E-state index contributed by atoms with van der Waals surface area (Å²) >= 11 is 0. The monoisotopic (exact) mass is 248 g/mol. The Morgan fingerprint density at radius 3 is 2.83 bits per heavy atom. The first-order valence-corrected chi connectivity index (χ1v) is 5.65. The number of carboxylic acids is 1. The molecular formula is C13H16N2O3. The highest BCUT2D eigenvalue weighted by molar-refractivity contribution is 5.92. The zero-order valence-corrected chi connectivity index (χ0v) is 10.7. The fourth-order valence-corrected chi connectivity index (χ4v) is 2.05. The van der Waals surface area contributed by atoms with Crippen LogP contribution in [0.2, 0.25) is 0 Å². The van der Waals surface area contributed by atoms with E-state index >= 15 is 0 Å². The Hall–Kier alpha value is -1.88. The lowest BCUT2D eigenvalue weighted by Gasteiger charge is -2.26. The van der Waals surface area contributed by atoms with Gasteiger partial charge in [-0.1, -0.05) is 0 Å². The number of hydrogen-bond donors (Lipinski definition) is 1. The minimum absolute atomic E-state index is 0.262. The van der Waals surface area contributed by atoms with E-state index in [1.807, 2.05) is 18.4 Å². The number of ether oxygens (including phenoxy) is 1. The van der Waals surface area contributed by atoms with Gasteiger partial charge in [-0.05, 0) is 32.0 Å². The van der Waals surface area contributed by atoms with Crippen LogP contribution in [0.15, 0.2) is 24.5 Å². The van der Waals surface area contributed by atoms with E-state index in [0.29, 0.717) is 6.61 Å². The summed E-state index contributed by atoms with van der Waals surface area (Å²) in [5, 5.41) is 9.02. The van der Waals surface area contributed by atoms with Gasteiger partial charge in [0.25, 0.3) is 0 Å².